The van der Waals surface area contributed by atoms with Crippen molar-refractivity contribution in [1.29, 1.82) is 0 Å². The molecule has 0 spiro atoms. The number of carboxylic acids is 1. The number of hydrogen-bond acceptors (Lipinski definition) is 3. The summed E-state index contributed by atoms with van der Waals surface area (Å²) in [5, 5.41) is 11.3. The smallest absolute Gasteiger partial charge is 0.254 e. The monoisotopic (exact) mass is 366 g/mol. The van der Waals surface area contributed by atoms with E-state index < -0.39 is 5.97 Å². The first-order valence-corrected chi connectivity index (χ1v) is 9.40. The van der Waals surface area contributed by atoms with E-state index in [0.717, 1.165) is 13.1 Å². The highest BCUT2D eigenvalue weighted by atomic mass is 16.4. The number of benzene rings is 2. The van der Waals surface area contributed by atoms with Gasteiger partial charge in [0, 0.05) is 16.7 Å². The number of carbonyl (C=O) groups excluding carboxylic acids is 2. The summed E-state index contributed by atoms with van der Waals surface area (Å²) in [4.78, 5) is 27.2. The fraction of sp³-hybridized carbons (Fsp3) is 0.364. The quantitative estimate of drug-likeness (QED) is 0.869. The molecule has 142 valence electrons. The molecule has 1 aliphatic rings. The van der Waals surface area contributed by atoms with E-state index in [-0.39, 0.29) is 17.0 Å². The SMILES string of the molecule is Cc1ccc([C@@H](C)[NH+]2CCN(C(=O)c3ccccc3C(=O)[O-])CC2)cc1C. The fourth-order valence-electron chi connectivity index (χ4n) is 3.72. The van der Waals surface area contributed by atoms with Crippen LogP contribution in [0.15, 0.2) is 42.5 Å². The molecule has 1 aliphatic heterocycles. The molecule has 1 N–H and O–H groups in total. The molecule has 27 heavy (non-hydrogen) atoms. The second-order valence-electron chi connectivity index (χ2n) is 7.35. The minimum absolute atomic E-state index is 0.0409. The van der Waals surface area contributed by atoms with Crippen molar-refractivity contribution in [2.45, 2.75) is 26.8 Å². The van der Waals surface area contributed by atoms with Crippen LogP contribution in [0.4, 0.5) is 0 Å². The van der Waals surface area contributed by atoms with Gasteiger partial charge in [0.25, 0.3) is 5.91 Å². The summed E-state index contributed by atoms with van der Waals surface area (Å²) in [5.74, 6) is -1.54. The molecule has 5 heteroatoms. The van der Waals surface area contributed by atoms with Crippen LogP contribution in [-0.4, -0.2) is 43.0 Å². The molecule has 2 aromatic rings. The fourth-order valence-corrected chi connectivity index (χ4v) is 3.72. The molecule has 5 nitrogen and oxygen atoms in total. The predicted octanol–water partition coefficient (Wildman–Crippen LogP) is 0.769. The minimum atomic E-state index is -1.31. The van der Waals surface area contributed by atoms with Crippen molar-refractivity contribution in [3.63, 3.8) is 0 Å². The first-order chi connectivity index (χ1) is 12.9. The summed E-state index contributed by atoms with van der Waals surface area (Å²) in [5.41, 5.74) is 4.08. The predicted molar refractivity (Wildman–Crippen MR) is 102 cm³/mol. The van der Waals surface area contributed by atoms with E-state index in [2.05, 4.69) is 39.0 Å². The van der Waals surface area contributed by atoms with E-state index in [0.29, 0.717) is 19.1 Å². The van der Waals surface area contributed by atoms with E-state index in [9.17, 15) is 14.7 Å². The highest BCUT2D eigenvalue weighted by Crippen LogP contribution is 2.16. The highest BCUT2D eigenvalue weighted by molar-refractivity contribution is 6.04. The third-order valence-corrected chi connectivity index (χ3v) is 5.71. The molecule has 0 aromatic heterocycles. The number of amides is 1. The van der Waals surface area contributed by atoms with Gasteiger partial charge in [0.2, 0.25) is 0 Å². The summed E-state index contributed by atoms with van der Waals surface area (Å²) in [6.45, 7) is 9.39. The third kappa shape index (κ3) is 4.03. The third-order valence-electron chi connectivity index (χ3n) is 5.71. The first kappa shape index (κ1) is 19.1. The lowest BCUT2D eigenvalue weighted by Gasteiger charge is -2.36. The Hall–Kier alpha value is -2.66. The first-order valence-electron chi connectivity index (χ1n) is 9.40. The average Bonchev–Trinajstić information content (AvgIpc) is 2.69. The lowest BCUT2D eigenvalue weighted by molar-refractivity contribution is -0.933. The van der Waals surface area contributed by atoms with Crippen LogP contribution in [0.25, 0.3) is 0 Å². The van der Waals surface area contributed by atoms with Gasteiger partial charge in [0.1, 0.15) is 6.04 Å². The molecule has 0 bridgehead atoms. The number of carboxylic acid groups (broad SMARTS) is 1. The molecule has 0 unspecified atom stereocenters. The van der Waals surface area contributed by atoms with Crippen molar-refractivity contribution in [2.75, 3.05) is 26.2 Å². The van der Waals surface area contributed by atoms with Gasteiger partial charge in [-0.1, -0.05) is 30.3 Å². The maximum atomic E-state index is 12.8. The van der Waals surface area contributed by atoms with Crippen molar-refractivity contribution in [2.24, 2.45) is 0 Å². The molecule has 1 amide bonds. The summed E-state index contributed by atoms with van der Waals surface area (Å²) >= 11 is 0. The van der Waals surface area contributed by atoms with Crippen LogP contribution in [0.3, 0.4) is 0 Å². The Bertz CT molecular complexity index is 854. The van der Waals surface area contributed by atoms with Crippen molar-refractivity contribution in [3.05, 3.63) is 70.3 Å². The topological polar surface area (TPSA) is 64.9 Å². The Morgan fingerprint density at radius 3 is 2.22 bits per heavy atom. The Kier molecular flexibility index (Phi) is 5.61. The zero-order chi connectivity index (χ0) is 19.6. The zero-order valence-electron chi connectivity index (χ0n) is 16.1. The number of aryl methyl sites for hydroxylation is 2. The summed E-state index contributed by atoms with van der Waals surface area (Å²) < 4.78 is 0. The van der Waals surface area contributed by atoms with Crippen molar-refractivity contribution in [3.8, 4) is 0 Å². The number of hydrogen-bond donors (Lipinski definition) is 1. The zero-order valence-corrected chi connectivity index (χ0v) is 16.1. The van der Waals surface area contributed by atoms with E-state index >= 15 is 0 Å². The number of aromatic carboxylic acids is 1. The van der Waals surface area contributed by atoms with Crippen LogP contribution in [0.5, 0.6) is 0 Å². The Morgan fingerprint density at radius 1 is 1.00 bits per heavy atom. The van der Waals surface area contributed by atoms with Crippen LogP contribution < -0.4 is 10.0 Å². The lowest BCUT2D eigenvalue weighted by Crippen LogP contribution is -3.14. The number of nitrogens with zero attached hydrogens (tertiary/aromatic N) is 1. The molecule has 2 aromatic carbocycles. The summed E-state index contributed by atoms with van der Waals surface area (Å²) in [6.07, 6.45) is 0. The van der Waals surface area contributed by atoms with Crippen LogP contribution in [-0.2, 0) is 0 Å². The molecule has 1 atom stereocenters. The van der Waals surface area contributed by atoms with Crippen LogP contribution in [0.2, 0.25) is 0 Å². The van der Waals surface area contributed by atoms with Crippen molar-refractivity contribution >= 4 is 11.9 Å². The van der Waals surface area contributed by atoms with E-state index in [1.54, 1.807) is 23.1 Å². The van der Waals surface area contributed by atoms with E-state index in [4.69, 9.17) is 0 Å². The van der Waals surface area contributed by atoms with Crippen LogP contribution in [0, 0.1) is 13.8 Å². The summed E-state index contributed by atoms with van der Waals surface area (Å²) in [7, 11) is 0. The van der Waals surface area contributed by atoms with Gasteiger partial charge in [-0.05, 0) is 44.0 Å². The van der Waals surface area contributed by atoms with Crippen LogP contribution in [0.1, 0.15) is 50.4 Å². The molecule has 1 fully saturated rings. The molecule has 3 rings (SSSR count). The molecule has 0 aliphatic carbocycles. The Labute approximate surface area is 160 Å². The Morgan fingerprint density at radius 2 is 1.63 bits per heavy atom. The molecule has 0 saturated carbocycles. The number of quaternary nitrogens is 1. The van der Waals surface area contributed by atoms with Crippen molar-refractivity contribution in [1.82, 2.24) is 4.90 Å². The average molecular weight is 366 g/mol. The maximum absolute atomic E-state index is 12.8. The van der Waals surface area contributed by atoms with Gasteiger partial charge in [0.05, 0.1) is 32.1 Å². The van der Waals surface area contributed by atoms with Gasteiger partial charge in [-0.2, -0.15) is 0 Å². The minimum Gasteiger partial charge on any atom is -0.545 e. The molecule has 1 saturated heterocycles. The van der Waals surface area contributed by atoms with Crippen molar-refractivity contribution < 1.29 is 19.6 Å². The number of rotatable bonds is 4. The van der Waals surface area contributed by atoms with Gasteiger partial charge >= 0.3 is 0 Å². The maximum Gasteiger partial charge on any atom is 0.254 e. The van der Waals surface area contributed by atoms with Gasteiger partial charge in [-0.25, -0.2) is 0 Å². The highest BCUT2D eigenvalue weighted by Gasteiger charge is 2.29. The second kappa shape index (κ2) is 7.92. The largest absolute Gasteiger partial charge is 0.545 e. The second-order valence-corrected chi connectivity index (χ2v) is 7.35. The van der Waals surface area contributed by atoms with Gasteiger partial charge in [-0.15, -0.1) is 0 Å². The lowest BCUT2D eigenvalue weighted by atomic mass is 10.0. The summed E-state index contributed by atoms with van der Waals surface area (Å²) in [6, 6.07) is 13.2. The van der Waals surface area contributed by atoms with E-state index in [1.807, 2.05) is 0 Å². The molecular formula is C22H26N2O3. The van der Waals surface area contributed by atoms with Gasteiger partial charge in [0.15, 0.2) is 0 Å². The molecule has 1 heterocycles. The number of piperazine rings is 1. The molecule has 0 radical (unpaired) electrons. The van der Waals surface area contributed by atoms with E-state index in [1.165, 1.54) is 27.7 Å². The Balaban J connectivity index is 1.67. The van der Waals surface area contributed by atoms with Gasteiger partial charge < -0.3 is 19.7 Å². The van der Waals surface area contributed by atoms with Gasteiger partial charge in [-0.3, -0.25) is 4.79 Å². The normalized spacial score (nSPS) is 16.2. The molecular weight excluding hydrogens is 340 g/mol. The standard InChI is InChI=1S/C22H26N2O3/c1-15-8-9-18(14-16(15)2)17(3)23-10-12-24(13-11-23)21(25)19-6-4-5-7-20(19)22(26)27/h4-9,14,17H,10-13H2,1-3H3,(H,26,27)/t17-/m1/s1. The number of carbonyl (C=O) groups is 2. The van der Waals surface area contributed by atoms with Crippen LogP contribution >= 0.6 is 0 Å². The number of nitrogens with one attached hydrogen (secondary N) is 1.